The van der Waals surface area contributed by atoms with Crippen molar-refractivity contribution in [1.29, 1.82) is 0 Å². The Labute approximate surface area is 112 Å². The van der Waals surface area contributed by atoms with Gasteiger partial charge < -0.3 is 9.47 Å². The first-order valence-electron chi connectivity index (χ1n) is 6.34. The Morgan fingerprint density at radius 1 is 1.35 bits per heavy atom. The van der Waals surface area contributed by atoms with E-state index in [1.54, 1.807) is 0 Å². The van der Waals surface area contributed by atoms with E-state index in [0.29, 0.717) is 26.2 Å². The smallest absolute Gasteiger partial charge is 0.305 e. The van der Waals surface area contributed by atoms with Gasteiger partial charge >= 0.3 is 5.97 Å². The van der Waals surface area contributed by atoms with Gasteiger partial charge in [0.1, 0.15) is 6.61 Å². The van der Waals surface area contributed by atoms with Crippen LogP contribution in [0.4, 0.5) is 0 Å². The van der Waals surface area contributed by atoms with Gasteiger partial charge in [0, 0.05) is 24.0 Å². The Bertz CT molecular complexity index is 206. The molecule has 1 rings (SSSR count). The highest BCUT2D eigenvalue weighted by molar-refractivity contribution is 8.77. The largest absolute Gasteiger partial charge is 0.463 e. The minimum atomic E-state index is -0.0850. The molecule has 0 aromatic rings. The van der Waals surface area contributed by atoms with Crippen LogP contribution in [0, 0.1) is 0 Å². The second-order valence-electron chi connectivity index (χ2n) is 3.99. The molecule has 0 bridgehead atoms. The number of carbonyl (C=O) groups excluding carboxylic acids is 1. The molecule has 0 N–H and O–H groups in total. The second kappa shape index (κ2) is 10.1. The van der Waals surface area contributed by atoms with E-state index in [0.717, 1.165) is 18.1 Å². The van der Waals surface area contributed by atoms with E-state index in [1.165, 1.54) is 18.6 Å². The molecular weight excluding hydrogens is 256 g/mol. The van der Waals surface area contributed by atoms with Gasteiger partial charge in [-0.3, -0.25) is 4.79 Å². The van der Waals surface area contributed by atoms with Crippen LogP contribution in [0.1, 0.15) is 39.0 Å². The summed E-state index contributed by atoms with van der Waals surface area (Å²) >= 11 is 0. The van der Waals surface area contributed by atoms with Gasteiger partial charge in [-0.25, -0.2) is 0 Å². The summed E-state index contributed by atoms with van der Waals surface area (Å²) in [6.45, 7) is 3.51. The molecule has 0 aromatic carbocycles. The molecule has 1 aliphatic rings. The fourth-order valence-electron chi connectivity index (χ4n) is 1.64. The first-order valence-corrected chi connectivity index (χ1v) is 8.72. The third-order valence-electron chi connectivity index (χ3n) is 2.58. The minimum Gasteiger partial charge on any atom is -0.463 e. The second-order valence-corrected chi connectivity index (χ2v) is 6.78. The van der Waals surface area contributed by atoms with Crippen LogP contribution in [0.2, 0.25) is 0 Å². The fourth-order valence-corrected chi connectivity index (χ4v) is 4.66. The minimum absolute atomic E-state index is 0.0850. The van der Waals surface area contributed by atoms with E-state index in [9.17, 15) is 4.79 Å². The van der Waals surface area contributed by atoms with E-state index in [-0.39, 0.29) is 5.97 Å². The highest BCUT2D eigenvalue weighted by Crippen LogP contribution is 2.39. The molecule has 0 spiro atoms. The van der Waals surface area contributed by atoms with Crippen molar-refractivity contribution in [2.75, 3.05) is 25.6 Å². The lowest BCUT2D eigenvalue weighted by molar-refractivity contribution is -0.145. The van der Waals surface area contributed by atoms with Gasteiger partial charge in [0.15, 0.2) is 0 Å². The van der Waals surface area contributed by atoms with Crippen molar-refractivity contribution in [3.8, 4) is 0 Å². The number of esters is 1. The lowest BCUT2D eigenvalue weighted by Gasteiger charge is -2.07. The molecule has 0 radical (unpaired) electrons. The van der Waals surface area contributed by atoms with Crippen LogP contribution in [-0.4, -0.2) is 36.8 Å². The number of unbranched alkanes of at least 4 members (excludes halogenated alkanes) is 1. The maximum absolute atomic E-state index is 11.3. The van der Waals surface area contributed by atoms with Crippen LogP contribution >= 0.6 is 21.6 Å². The van der Waals surface area contributed by atoms with Crippen molar-refractivity contribution in [3.63, 3.8) is 0 Å². The molecular formula is C12H22O3S2. The topological polar surface area (TPSA) is 35.5 Å². The van der Waals surface area contributed by atoms with Gasteiger partial charge in [-0.15, -0.1) is 0 Å². The summed E-state index contributed by atoms with van der Waals surface area (Å²) in [7, 11) is 3.98. The van der Waals surface area contributed by atoms with Gasteiger partial charge in [-0.2, -0.15) is 0 Å². The summed E-state index contributed by atoms with van der Waals surface area (Å²) < 4.78 is 10.1. The number of rotatable bonds is 9. The molecule has 1 saturated heterocycles. The van der Waals surface area contributed by atoms with E-state index in [4.69, 9.17) is 9.47 Å². The highest BCUT2D eigenvalue weighted by atomic mass is 33.1. The Kier molecular flexibility index (Phi) is 9.01. The van der Waals surface area contributed by atoms with Crippen LogP contribution in [0.5, 0.6) is 0 Å². The van der Waals surface area contributed by atoms with Gasteiger partial charge in [0.05, 0.1) is 6.61 Å². The number of ether oxygens (including phenoxy) is 2. The maximum atomic E-state index is 11.3. The summed E-state index contributed by atoms with van der Waals surface area (Å²) in [5, 5.41) is 0.814. The lowest BCUT2D eigenvalue weighted by Crippen LogP contribution is -2.10. The van der Waals surface area contributed by atoms with Gasteiger partial charge in [0.25, 0.3) is 0 Å². The van der Waals surface area contributed by atoms with Crippen LogP contribution in [0.15, 0.2) is 0 Å². The standard InChI is InChI=1S/C12H22O3S2/c1-2-14-8-9-15-12(13)6-4-3-5-11-7-10-16-17-11/h11H,2-10H2,1H3. The third kappa shape index (κ3) is 7.95. The van der Waals surface area contributed by atoms with Crippen molar-refractivity contribution in [3.05, 3.63) is 0 Å². The van der Waals surface area contributed by atoms with Crippen LogP contribution in [0.3, 0.4) is 0 Å². The zero-order valence-electron chi connectivity index (χ0n) is 10.5. The zero-order chi connectivity index (χ0) is 12.3. The number of carbonyl (C=O) groups is 1. The highest BCUT2D eigenvalue weighted by Gasteiger charge is 2.15. The van der Waals surface area contributed by atoms with E-state index in [1.807, 2.05) is 28.5 Å². The summed E-state index contributed by atoms with van der Waals surface area (Å²) in [5.41, 5.74) is 0. The predicted octanol–water partition coefficient (Wildman–Crippen LogP) is 3.28. The number of hydrogen-bond donors (Lipinski definition) is 0. The summed E-state index contributed by atoms with van der Waals surface area (Å²) in [4.78, 5) is 11.3. The lowest BCUT2D eigenvalue weighted by atomic mass is 10.1. The summed E-state index contributed by atoms with van der Waals surface area (Å²) in [6.07, 6.45) is 5.21. The van der Waals surface area contributed by atoms with Crippen LogP contribution in [-0.2, 0) is 14.3 Å². The van der Waals surface area contributed by atoms with Crippen LogP contribution in [0.25, 0.3) is 0 Å². The first kappa shape index (κ1) is 15.2. The maximum Gasteiger partial charge on any atom is 0.305 e. The monoisotopic (exact) mass is 278 g/mol. The average molecular weight is 278 g/mol. The molecule has 0 saturated carbocycles. The van der Waals surface area contributed by atoms with E-state index in [2.05, 4.69) is 0 Å². The van der Waals surface area contributed by atoms with Gasteiger partial charge in [-0.1, -0.05) is 28.0 Å². The molecule has 5 heteroatoms. The Hall–Kier alpha value is 0.130. The Morgan fingerprint density at radius 2 is 2.24 bits per heavy atom. The van der Waals surface area contributed by atoms with Crippen LogP contribution < -0.4 is 0 Å². The molecule has 3 nitrogen and oxygen atoms in total. The molecule has 17 heavy (non-hydrogen) atoms. The fraction of sp³-hybridized carbons (Fsp3) is 0.917. The molecule has 1 fully saturated rings. The molecule has 1 unspecified atom stereocenters. The molecule has 1 heterocycles. The van der Waals surface area contributed by atoms with Crippen molar-refractivity contribution in [2.45, 2.75) is 44.3 Å². The molecule has 0 aliphatic carbocycles. The zero-order valence-corrected chi connectivity index (χ0v) is 12.1. The molecule has 100 valence electrons. The average Bonchev–Trinajstić information content (AvgIpc) is 2.83. The molecule has 1 aliphatic heterocycles. The van der Waals surface area contributed by atoms with Crippen molar-refractivity contribution in [2.24, 2.45) is 0 Å². The third-order valence-corrected chi connectivity index (χ3v) is 5.59. The number of hydrogen-bond acceptors (Lipinski definition) is 5. The van der Waals surface area contributed by atoms with Crippen molar-refractivity contribution in [1.82, 2.24) is 0 Å². The summed E-state index contributed by atoms with van der Waals surface area (Å²) in [6, 6.07) is 0. The molecule has 0 amide bonds. The van der Waals surface area contributed by atoms with Gasteiger partial charge in [0.2, 0.25) is 0 Å². The quantitative estimate of drug-likeness (QED) is 0.367. The van der Waals surface area contributed by atoms with Crippen molar-refractivity contribution < 1.29 is 14.3 Å². The Balaban J connectivity index is 1.85. The van der Waals surface area contributed by atoms with Crippen molar-refractivity contribution >= 4 is 27.6 Å². The molecule has 0 aromatic heterocycles. The van der Waals surface area contributed by atoms with E-state index >= 15 is 0 Å². The normalized spacial score (nSPS) is 19.5. The SMILES string of the molecule is CCOCCOC(=O)CCCCC1CCSS1. The van der Waals surface area contributed by atoms with Gasteiger partial charge in [-0.05, 0) is 26.2 Å². The molecule has 1 atom stereocenters. The first-order chi connectivity index (χ1) is 8.33. The summed E-state index contributed by atoms with van der Waals surface area (Å²) in [5.74, 6) is 1.20. The Morgan fingerprint density at radius 3 is 2.94 bits per heavy atom. The van der Waals surface area contributed by atoms with E-state index < -0.39 is 0 Å². The predicted molar refractivity (Wildman–Crippen MR) is 74.4 cm³/mol.